The Kier molecular flexibility index (Phi) is 5.99. The van der Waals surface area contributed by atoms with E-state index in [2.05, 4.69) is 76.8 Å². The summed E-state index contributed by atoms with van der Waals surface area (Å²) in [6, 6.07) is 2.50. The van der Waals surface area contributed by atoms with Gasteiger partial charge in [0.2, 0.25) is 0 Å². The number of rotatable bonds is 6. The molecule has 0 radical (unpaired) electrons. The average molecular weight is 292 g/mol. The van der Waals surface area contributed by atoms with Crippen LogP contribution in [0.25, 0.3) is 0 Å². The second kappa shape index (κ2) is 7.10. The monoisotopic (exact) mass is 292 g/mol. The van der Waals surface area contributed by atoms with E-state index in [0.717, 1.165) is 30.4 Å². The van der Waals surface area contributed by atoms with Crippen LogP contribution in [-0.4, -0.2) is 29.6 Å². The molecule has 1 rings (SSSR count). The van der Waals surface area contributed by atoms with Gasteiger partial charge in [0, 0.05) is 31.1 Å². The van der Waals surface area contributed by atoms with Gasteiger partial charge in [0.1, 0.15) is 17.5 Å². The van der Waals surface area contributed by atoms with Crippen molar-refractivity contribution in [1.82, 2.24) is 9.97 Å². The van der Waals surface area contributed by atoms with Gasteiger partial charge >= 0.3 is 0 Å². The van der Waals surface area contributed by atoms with E-state index in [-0.39, 0.29) is 5.41 Å². The van der Waals surface area contributed by atoms with Gasteiger partial charge < -0.3 is 10.2 Å². The summed E-state index contributed by atoms with van der Waals surface area (Å²) in [5, 5.41) is 3.39. The smallest absolute Gasteiger partial charge is 0.138 e. The third-order valence-electron chi connectivity index (χ3n) is 3.88. The number of aromatic nitrogens is 2. The molecule has 0 aliphatic heterocycles. The van der Waals surface area contributed by atoms with E-state index in [1.165, 1.54) is 0 Å². The maximum atomic E-state index is 4.79. The van der Waals surface area contributed by atoms with Crippen LogP contribution in [0.1, 0.15) is 60.7 Å². The topological polar surface area (TPSA) is 41.0 Å². The first-order valence-corrected chi connectivity index (χ1v) is 8.03. The predicted molar refractivity (Wildman–Crippen MR) is 92.2 cm³/mol. The molecule has 1 unspecified atom stereocenters. The van der Waals surface area contributed by atoms with E-state index < -0.39 is 0 Å². The van der Waals surface area contributed by atoms with Crippen molar-refractivity contribution in [1.29, 1.82) is 0 Å². The molecule has 0 fully saturated rings. The zero-order chi connectivity index (χ0) is 16.2. The molecule has 4 heteroatoms. The lowest BCUT2D eigenvalue weighted by molar-refractivity contribution is 0.497. The molecule has 4 nitrogen and oxygen atoms in total. The molecular weight excluding hydrogens is 260 g/mol. The minimum atomic E-state index is -0.0550. The van der Waals surface area contributed by atoms with Crippen molar-refractivity contribution < 1.29 is 0 Å². The van der Waals surface area contributed by atoms with E-state index in [1.54, 1.807) is 0 Å². The molecule has 0 amide bonds. The van der Waals surface area contributed by atoms with Crippen molar-refractivity contribution >= 4 is 11.6 Å². The second-order valence-corrected chi connectivity index (χ2v) is 7.21. The highest BCUT2D eigenvalue weighted by molar-refractivity contribution is 5.50. The van der Waals surface area contributed by atoms with Crippen LogP contribution in [0, 0.1) is 5.92 Å². The summed E-state index contributed by atoms with van der Waals surface area (Å²) in [4.78, 5) is 11.7. The van der Waals surface area contributed by atoms with Crippen LogP contribution in [-0.2, 0) is 5.41 Å². The first-order valence-electron chi connectivity index (χ1n) is 8.03. The highest BCUT2D eigenvalue weighted by Crippen LogP contribution is 2.25. The number of nitrogens with one attached hydrogen (secondary N) is 1. The van der Waals surface area contributed by atoms with Crippen LogP contribution >= 0.6 is 0 Å². The number of hydrogen-bond donors (Lipinski definition) is 1. The van der Waals surface area contributed by atoms with E-state index in [9.17, 15) is 0 Å². The van der Waals surface area contributed by atoms with Crippen LogP contribution in [0.3, 0.4) is 0 Å². The Morgan fingerprint density at radius 3 is 2.29 bits per heavy atom. The lowest BCUT2D eigenvalue weighted by Crippen LogP contribution is -2.34. The Balaban J connectivity index is 3.18. The minimum Gasteiger partial charge on any atom is -0.370 e. The Morgan fingerprint density at radius 1 is 1.19 bits per heavy atom. The van der Waals surface area contributed by atoms with Crippen LogP contribution < -0.4 is 10.2 Å². The van der Waals surface area contributed by atoms with Gasteiger partial charge in [-0.3, -0.25) is 0 Å². The molecule has 1 N–H and O–H groups in total. The maximum absolute atomic E-state index is 4.79. The van der Waals surface area contributed by atoms with Crippen LogP contribution in [0.5, 0.6) is 0 Å². The summed E-state index contributed by atoms with van der Waals surface area (Å²) >= 11 is 0. The molecule has 1 aromatic heterocycles. The third-order valence-corrected chi connectivity index (χ3v) is 3.88. The molecule has 0 aliphatic carbocycles. The quantitative estimate of drug-likeness (QED) is 0.858. The summed E-state index contributed by atoms with van der Waals surface area (Å²) in [6.45, 7) is 16.3. The molecular formula is C17H32N4. The van der Waals surface area contributed by atoms with Crippen molar-refractivity contribution in [3.63, 3.8) is 0 Å². The van der Waals surface area contributed by atoms with Gasteiger partial charge in [-0.05, 0) is 19.3 Å². The molecule has 1 atom stereocenters. The maximum Gasteiger partial charge on any atom is 0.138 e. The molecule has 0 aromatic carbocycles. The minimum absolute atomic E-state index is 0.0550. The first-order chi connectivity index (χ1) is 9.66. The SMILES string of the molecule is CCCNc1cc(N(C)C(C)C(C)C)nc(C(C)(C)C)n1. The van der Waals surface area contributed by atoms with Crippen LogP contribution in [0.2, 0.25) is 0 Å². The fourth-order valence-corrected chi connectivity index (χ4v) is 1.95. The van der Waals surface area contributed by atoms with Crippen LogP contribution in [0.4, 0.5) is 11.6 Å². The van der Waals surface area contributed by atoms with Crippen molar-refractivity contribution in [2.75, 3.05) is 23.8 Å². The van der Waals surface area contributed by atoms with E-state index >= 15 is 0 Å². The first kappa shape index (κ1) is 17.7. The van der Waals surface area contributed by atoms with Gasteiger partial charge in [0.15, 0.2) is 0 Å². The van der Waals surface area contributed by atoms with Crippen molar-refractivity contribution in [2.45, 2.75) is 66.3 Å². The van der Waals surface area contributed by atoms with E-state index in [0.29, 0.717) is 12.0 Å². The summed E-state index contributed by atoms with van der Waals surface area (Å²) in [5.41, 5.74) is -0.0550. The summed E-state index contributed by atoms with van der Waals surface area (Å²) in [5.74, 6) is 3.39. The predicted octanol–water partition coefficient (Wildman–Crippen LogP) is 4.08. The summed E-state index contributed by atoms with van der Waals surface area (Å²) in [6.07, 6.45) is 1.09. The molecule has 0 spiro atoms. The standard InChI is InChI=1S/C17H32N4/c1-9-10-18-14-11-15(21(8)13(4)12(2)3)20-16(19-14)17(5,6)7/h11-13H,9-10H2,1-8H3,(H,18,19,20). The van der Waals surface area contributed by atoms with Crippen molar-refractivity contribution in [3.8, 4) is 0 Å². The molecule has 0 saturated carbocycles. The molecule has 1 heterocycles. The molecule has 1 aromatic rings. The van der Waals surface area contributed by atoms with Gasteiger partial charge in [0.05, 0.1) is 0 Å². The lowest BCUT2D eigenvalue weighted by atomic mass is 9.95. The lowest BCUT2D eigenvalue weighted by Gasteiger charge is -2.30. The molecule has 0 bridgehead atoms. The Labute approximate surface area is 130 Å². The van der Waals surface area contributed by atoms with E-state index in [4.69, 9.17) is 4.98 Å². The average Bonchev–Trinajstić information content (AvgIpc) is 2.42. The van der Waals surface area contributed by atoms with Gasteiger partial charge in [-0.1, -0.05) is 41.5 Å². The highest BCUT2D eigenvalue weighted by Gasteiger charge is 2.22. The molecule has 0 aliphatic rings. The number of nitrogens with zero attached hydrogens (tertiary/aromatic N) is 3. The highest BCUT2D eigenvalue weighted by atomic mass is 15.2. The second-order valence-electron chi connectivity index (χ2n) is 7.21. The normalized spacial score (nSPS) is 13.4. The van der Waals surface area contributed by atoms with Gasteiger partial charge in [-0.2, -0.15) is 0 Å². The zero-order valence-electron chi connectivity index (χ0n) is 15.0. The summed E-state index contributed by atoms with van der Waals surface area (Å²) < 4.78 is 0. The van der Waals surface area contributed by atoms with Crippen molar-refractivity contribution in [3.05, 3.63) is 11.9 Å². The van der Waals surface area contributed by atoms with Gasteiger partial charge in [0.25, 0.3) is 0 Å². The van der Waals surface area contributed by atoms with Crippen LogP contribution in [0.15, 0.2) is 6.07 Å². The number of hydrogen-bond acceptors (Lipinski definition) is 4. The Bertz CT molecular complexity index is 449. The largest absolute Gasteiger partial charge is 0.370 e. The van der Waals surface area contributed by atoms with Gasteiger partial charge in [-0.25, -0.2) is 9.97 Å². The summed E-state index contributed by atoms with van der Waals surface area (Å²) in [7, 11) is 2.11. The molecule has 21 heavy (non-hydrogen) atoms. The van der Waals surface area contributed by atoms with E-state index in [1.807, 2.05) is 0 Å². The fourth-order valence-electron chi connectivity index (χ4n) is 1.95. The van der Waals surface area contributed by atoms with Gasteiger partial charge in [-0.15, -0.1) is 0 Å². The molecule has 120 valence electrons. The fraction of sp³-hybridized carbons (Fsp3) is 0.765. The number of anilines is 2. The Hall–Kier alpha value is -1.32. The zero-order valence-corrected chi connectivity index (χ0v) is 15.0. The third kappa shape index (κ3) is 4.87. The van der Waals surface area contributed by atoms with Crippen molar-refractivity contribution in [2.24, 2.45) is 5.92 Å². The molecule has 0 saturated heterocycles. The Morgan fingerprint density at radius 2 is 1.81 bits per heavy atom.